The Kier molecular flexibility index (Phi) is 4.83. The van der Waals surface area contributed by atoms with Crippen LogP contribution in [0.5, 0.6) is 0 Å². The van der Waals surface area contributed by atoms with Crippen LogP contribution in [-0.4, -0.2) is 29.2 Å². The maximum Gasteiger partial charge on any atom is 0.200 e. The summed E-state index contributed by atoms with van der Waals surface area (Å²) in [7, 11) is 1.50. The van der Waals surface area contributed by atoms with Gasteiger partial charge in [-0.3, -0.25) is 4.90 Å². The molecular formula is C14H16F5NO. The smallest absolute Gasteiger partial charge is 0.200 e. The first-order valence-electron chi connectivity index (χ1n) is 6.73. The van der Waals surface area contributed by atoms with Gasteiger partial charge in [0.15, 0.2) is 23.3 Å². The molecule has 2 rings (SSSR count). The molecule has 0 aromatic heterocycles. The predicted molar refractivity (Wildman–Crippen MR) is 66.0 cm³/mol. The maximum atomic E-state index is 13.6. The highest BCUT2D eigenvalue weighted by molar-refractivity contribution is 5.24. The fourth-order valence-electron chi connectivity index (χ4n) is 2.76. The normalized spacial score (nSPS) is 22.9. The van der Waals surface area contributed by atoms with Crippen molar-refractivity contribution >= 4 is 0 Å². The highest BCUT2D eigenvalue weighted by atomic mass is 19.2. The molecule has 0 heterocycles. The summed E-state index contributed by atoms with van der Waals surface area (Å²) >= 11 is 0. The average Bonchev–Trinajstić information content (AvgIpc) is 2.48. The van der Waals surface area contributed by atoms with E-state index in [9.17, 15) is 27.1 Å². The fourth-order valence-corrected chi connectivity index (χ4v) is 2.76. The summed E-state index contributed by atoms with van der Waals surface area (Å²) in [5.74, 6) is -9.68. The Labute approximate surface area is 119 Å². The van der Waals surface area contributed by atoms with Gasteiger partial charge in [-0.25, -0.2) is 22.0 Å². The van der Waals surface area contributed by atoms with Crippen molar-refractivity contribution in [2.45, 2.75) is 44.4 Å². The van der Waals surface area contributed by atoms with E-state index in [0.717, 1.165) is 12.8 Å². The van der Waals surface area contributed by atoms with Gasteiger partial charge in [0, 0.05) is 18.2 Å². The molecule has 0 aliphatic heterocycles. The number of hydrogen-bond acceptors (Lipinski definition) is 2. The van der Waals surface area contributed by atoms with E-state index in [2.05, 4.69) is 0 Å². The van der Waals surface area contributed by atoms with Crippen LogP contribution in [0.3, 0.4) is 0 Å². The molecule has 21 heavy (non-hydrogen) atoms. The lowest BCUT2D eigenvalue weighted by Crippen LogP contribution is -2.43. The van der Waals surface area contributed by atoms with E-state index >= 15 is 0 Å². The fraction of sp³-hybridized carbons (Fsp3) is 0.571. The monoisotopic (exact) mass is 309 g/mol. The van der Waals surface area contributed by atoms with Gasteiger partial charge in [-0.15, -0.1) is 0 Å². The molecule has 1 aromatic rings. The molecule has 1 aromatic carbocycles. The van der Waals surface area contributed by atoms with Crippen LogP contribution in [0, 0.1) is 29.1 Å². The van der Waals surface area contributed by atoms with Gasteiger partial charge in [0.1, 0.15) is 0 Å². The SMILES string of the molecule is CN(Cc1c(F)c(F)c(F)c(F)c1F)C1CCCCC1O. The van der Waals surface area contributed by atoms with Crippen molar-refractivity contribution in [1.82, 2.24) is 4.90 Å². The average molecular weight is 309 g/mol. The van der Waals surface area contributed by atoms with Crippen molar-refractivity contribution in [2.75, 3.05) is 7.05 Å². The number of halogens is 5. The molecule has 118 valence electrons. The number of nitrogens with zero attached hydrogens (tertiary/aromatic N) is 1. The van der Waals surface area contributed by atoms with Crippen LogP contribution < -0.4 is 0 Å². The molecule has 2 atom stereocenters. The van der Waals surface area contributed by atoms with E-state index in [0.29, 0.717) is 12.8 Å². The summed E-state index contributed by atoms with van der Waals surface area (Å²) in [6, 6.07) is -0.353. The Hall–Kier alpha value is -1.21. The minimum absolute atomic E-state index is 0.353. The molecule has 1 fully saturated rings. The highest BCUT2D eigenvalue weighted by Gasteiger charge is 2.30. The summed E-state index contributed by atoms with van der Waals surface area (Å²) in [5.41, 5.74) is -0.869. The topological polar surface area (TPSA) is 23.5 Å². The van der Waals surface area contributed by atoms with Crippen molar-refractivity contribution in [2.24, 2.45) is 0 Å². The van der Waals surface area contributed by atoms with Gasteiger partial charge in [0.2, 0.25) is 5.82 Å². The molecule has 0 saturated heterocycles. The molecular weight excluding hydrogens is 293 g/mol. The zero-order valence-corrected chi connectivity index (χ0v) is 11.5. The molecule has 2 unspecified atom stereocenters. The van der Waals surface area contributed by atoms with E-state index in [4.69, 9.17) is 0 Å². The van der Waals surface area contributed by atoms with E-state index in [-0.39, 0.29) is 6.04 Å². The van der Waals surface area contributed by atoms with Gasteiger partial charge in [0.05, 0.1) is 6.10 Å². The van der Waals surface area contributed by atoms with Gasteiger partial charge >= 0.3 is 0 Å². The molecule has 0 radical (unpaired) electrons. The first-order valence-corrected chi connectivity index (χ1v) is 6.73. The summed E-state index contributed by atoms with van der Waals surface area (Å²) < 4.78 is 66.5. The van der Waals surface area contributed by atoms with Crippen LogP contribution in [0.4, 0.5) is 22.0 Å². The van der Waals surface area contributed by atoms with Crippen LogP contribution in [0.15, 0.2) is 0 Å². The lowest BCUT2D eigenvalue weighted by molar-refractivity contribution is 0.0277. The van der Waals surface area contributed by atoms with Crippen molar-refractivity contribution < 1.29 is 27.1 Å². The second-order valence-corrected chi connectivity index (χ2v) is 5.38. The number of aliphatic hydroxyl groups excluding tert-OH is 1. The summed E-state index contributed by atoms with van der Waals surface area (Å²) in [6.45, 7) is -0.451. The summed E-state index contributed by atoms with van der Waals surface area (Å²) in [6.07, 6.45) is 2.22. The zero-order valence-electron chi connectivity index (χ0n) is 11.5. The zero-order chi connectivity index (χ0) is 15.7. The van der Waals surface area contributed by atoms with Crippen molar-refractivity contribution in [3.8, 4) is 0 Å². The number of rotatable bonds is 3. The standard InChI is InChI=1S/C14H16F5NO/c1-20(8-4-2-3-5-9(8)21)6-7-10(15)12(17)14(19)13(18)11(7)16/h8-9,21H,2-6H2,1H3. The number of hydrogen-bond donors (Lipinski definition) is 1. The van der Waals surface area contributed by atoms with Crippen molar-refractivity contribution in [1.29, 1.82) is 0 Å². The lowest BCUT2D eigenvalue weighted by Gasteiger charge is -2.35. The Morgan fingerprint density at radius 1 is 0.905 bits per heavy atom. The largest absolute Gasteiger partial charge is 0.391 e. The Morgan fingerprint density at radius 2 is 1.38 bits per heavy atom. The van der Waals surface area contributed by atoms with Gasteiger partial charge in [-0.05, 0) is 19.9 Å². The molecule has 1 saturated carbocycles. The molecule has 0 spiro atoms. The summed E-state index contributed by atoms with van der Waals surface area (Å²) in [4.78, 5) is 1.43. The number of likely N-dealkylation sites (N-methyl/N-ethyl adjacent to an activating group) is 1. The van der Waals surface area contributed by atoms with Crippen LogP contribution in [-0.2, 0) is 6.54 Å². The molecule has 0 bridgehead atoms. The third kappa shape index (κ3) is 3.03. The molecule has 1 aliphatic carbocycles. The molecule has 0 amide bonds. The second-order valence-electron chi connectivity index (χ2n) is 5.38. The Bertz CT molecular complexity index is 508. The van der Waals surface area contributed by atoms with Gasteiger partial charge in [-0.1, -0.05) is 12.8 Å². The van der Waals surface area contributed by atoms with Gasteiger partial charge in [-0.2, -0.15) is 0 Å². The first-order chi connectivity index (χ1) is 9.84. The molecule has 1 N–H and O–H groups in total. The predicted octanol–water partition coefficient (Wildman–Crippen LogP) is 3.12. The van der Waals surface area contributed by atoms with Crippen LogP contribution in [0.1, 0.15) is 31.2 Å². The third-order valence-corrected chi connectivity index (χ3v) is 3.97. The first kappa shape index (κ1) is 16.2. The Morgan fingerprint density at radius 3 is 1.90 bits per heavy atom. The van der Waals surface area contributed by atoms with Crippen LogP contribution >= 0.6 is 0 Å². The molecule has 1 aliphatic rings. The van der Waals surface area contributed by atoms with E-state index in [1.54, 1.807) is 0 Å². The van der Waals surface area contributed by atoms with E-state index in [1.165, 1.54) is 11.9 Å². The highest BCUT2D eigenvalue weighted by Crippen LogP contribution is 2.27. The van der Waals surface area contributed by atoms with E-state index < -0.39 is 47.3 Å². The second kappa shape index (κ2) is 6.27. The Balaban J connectivity index is 2.27. The van der Waals surface area contributed by atoms with Crippen LogP contribution in [0.2, 0.25) is 0 Å². The van der Waals surface area contributed by atoms with E-state index in [1.807, 2.05) is 0 Å². The summed E-state index contributed by atoms with van der Waals surface area (Å²) in [5, 5.41) is 9.87. The molecule has 7 heteroatoms. The third-order valence-electron chi connectivity index (χ3n) is 3.97. The number of aliphatic hydroxyl groups is 1. The van der Waals surface area contributed by atoms with Crippen molar-refractivity contribution in [3.63, 3.8) is 0 Å². The van der Waals surface area contributed by atoms with Gasteiger partial charge < -0.3 is 5.11 Å². The maximum absolute atomic E-state index is 13.6. The van der Waals surface area contributed by atoms with Gasteiger partial charge in [0.25, 0.3) is 0 Å². The number of benzene rings is 1. The quantitative estimate of drug-likeness (QED) is 0.527. The minimum atomic E-state index is -2.16. The van der Waals surface area contributed by atoms with Crippen molar-refractivity contribution in [3.05, 3.63) is 34.6 Å². The lowest BCUT2D eigenvalue weighted by atomic mass is 9.91. The molecule has 2 nitrogen and oxygen atoms in total. The minimum Gasteiger partial charge on any atom is -0.391 e. The van der Waals surface area contributed by atoms with Crippen LogP contribution in [0.25, 0.3) is 0 Å².